The lowest BCUT2D eigenvalue weighted by Gasteiger charge is -2.14. The van der Waals surface area contributed by atoms with Gasteiger partial charge in [0.15, 0.2) is 11.5 Å². The third-order valence-electron chi connectivity index (χ3n) is 3.34. The average molecular weight is 314 g/mol. The van der Waals surface area contributed by atoms with Crippen LogP contribution in [-0.4, -0.2) is 25.2 Å². The van der Waals surface area contributed by atoms with E-state index in [4.69, 9.17) is 9.47 Å². The number of ether oxygens (including phenoxy) is 2. The first-order valence-corrected chi connectivity index (χ1v) is 8.00. The highest BCUT2D eigenvalue weighted by Gasteiger charge is 2.25. The fourth-order valence-corrected chi connectivity index (χ4v) is 2.07. The molecule has 1 fully saturated rings. The predicted octanol–water partition coefficient (Wildman–Crippen LogP) is 3.06. The molecule has 0 bridgehead atoms. The molecule has 0 aliphatic heterocycles. The van der Waals surface area contributed by atoms with E-state index in [1.165, 1.54) is 0 Å². The summed E-state index contributed by atoms with van der Waals surface area (Å²) in [5.74, 6) is 0.857. The van der Waals surface area contributed by atoms with Crippen molar-refractivity contribution in [2.24, 2.45) is 0 Å². The van der Waals surface area contributed by atoms with Crippen LogP contribution >= 0.6 is 0 Å². The Hall–Kier alpha value is -2.48. The summed E-state index contributed by atoms with van der Waals surface area (Å²) < 4.78 is 11.4. The Labute approximate surface area is 136 Å². The van der Waals surface area contributed by atoms with Crippen molar-refractivity contribution in [1.29, 1.82) is 5.26 Å². The zero-order chi connectivity index (χ0) is 16.7. The molecule has 1 saturated carbocycles. The van der Waals surface area contributed by atoms with Gasteiger partial charge in [-0.2, -0.15) is 5.26 Å². The van der Waals surface area contributed by atoms with Gasteiger partial charge < -0.3 is 14.8 Å². The van der Waals surface area contributed by atoms with E-state index in [1.807, 2.05) is 38.1 Å². The highest BCUT2D eigenvalue weighted by Crippen LogP contribution is 2.33. The minimum Gasteiger partial charge on any atom is -0.490 e. The van der Waals surface area contributed by atoms with Crippen molar-refractivity contribution in [3.63, 3.8) is 0 Å². The Morgan fingerprint density at radius 1 is 1.39 bits per heavy atom. The second-order valence-electron chi connectivity index (χ2n) is 5.37. The first-order chi connectivity index (χ1) is 11.2. The van der Waals surface area contributed by atoms with Crippen molar-refractivity contribution in [2.45, 2.75) is 39.2 Å². The summed E-state index contributed by atoms with van der Waals surface area (Å²) in [6.07, 6.45) is 4.38. The molecule has 0 spiro atoms. The quantitative estimate of drug-likeness (QED) is 0.591. The standard InChI is InChI=1S/C18H22N2O3/c1-3-10-23-17-13(6-5-7-16(17)22-4-2)11-14(12-19)18(21)20-15-8-9-15/h5-7,11,15H,3-4,8-10H2,1-2H3,(H,20,21)/b14-11+. The Morgan fingerprint density at radius 3 is 2.78 bits per heavy atom. The summed E-state index contributed by atoms with van der Waals surface area (Å²) in [6.45, 7) is 4.97. The summed E-state index contributed by atoms with van der Waals surface area (Å²) >= 11 is 0. The maximum atomic E-state index is 12.1. The van der Waals surface area contributed by atoms with Crippen LogP contribution in [0.4, 0.5) is 0 Å². The summed E-state index contributed by atoms with van der Waals surface area (Å²) in [4.78, 5) is 12.1. The van der Waals surface area contributed by atoms with Crippen molar-refractivity contribution in [1.82, 2.24) is 5.32 Å². The molecule has 1 aromatic rings. The van der Waals surface area contributed by atoms with Crippen molar-refractivity contribution in [2.75, 3.05) is 13.2 Å². The van der Waals surface area contributed by atoms with E-state index in [2.05, 4.69) is 5.32 Å². The van der Waals surface area contributed by atoms with Crippen LogP contribution in [-0.2, 0) is 4.79 Å². The predicted molar refractivity (Wildman–Crippen MR) is 88.2 cm³/mol. The molecule has 5 nitrogen and oxygen atoms in total. The van der Waals surface area contributed by atoms with Gasteiger partial charge in [0, 0.05) is 11.6 Å². The minimum absolute atomic E-state index is 0.0758. The molecule has 1 N–H and O–H groups in total. The zero-order valence-electron chi connectivity index (χ0n) is 13.6. The third kappa shape index (κ3) is 4.75. The number of carbonyl (C=O) groups is 1. The van der Waals surface area contributed by atoms with Gasteiger partial charge in [-0.1, -0.05) is 19.1 Å². The number of hydrogen-bond acceptors (Lipinski definition) is 4. The Bertz CT molecular complexity index is 628. The minimum atomic E-state index is -0.335. The number of amides is 1. The van der Waals surface area contributed by atoms with Gasteiger partial charge in [0.2, 0.25) is 0 Å². The summed E-state index contributed by atoms with van der Waals surface area (Å²) in [5, 5.41) is 12.1. The van der Waals surface area contributed by atoms with Gasteiger partial charge in [-0.05, 0) is 38.3 Å². The maximum Gasteiger partial charge on any atom is 0.262 e. The van der Waals surface area contributed by atoms with Crippen LogP contribution in [0.1, 0.15) is 38.7 Å². The van der Waals surface area contributed by atoms with E-state index in [0.29, 0.717) is 30.3 Å². The van der Waals surface area contributed by atoms with Crippen LogP contribution in [0.2, 0.25) is 0 Å². The molecule has 122 valence electrons. The molecule has 1 aliphatic rings. The van der Waals surface area contributed by atoms with Crippen LogP contribution in [0.15, 0.2) is 23.8 Å². The first kappa shape index (κ1) is 16.9. The van der Waals surface area contributed by atoms with Crippen LogP contribution < -0.4 is 14.8 Å². The lowest BCUT2D eigenvalue weighted by atomic mass is 10.1. The topological polar surface area (TPSA) is 71.3 Å². The fourth-order valence-electron chi connectivity index (χ4n) is 2.07. The number of nitrogens with one attached hydrogen (secondary N) is 1. The first-order valence-electron chi connectivity index (χ1n) is 8.00. The number of nitrogens with zero attached hydrogens (tertiary/aromatic N) is 1. The molecule has 23 heavy (non-hydrogen) atoms. The van der Waals surface area contributed by atoms with E-state index >= 15 is 0 Å². The van der Waals surface area contributed by atoms with E-state index in [1.54, 1.807) is 6.08 Å². The highest BCUT2D eigenvalue weighted by atomic mass is 16.5. The summed E-state index contributed by atoms with van der Waals surface area (Å²) in [6, 6.07) is 7.64. The molecule has 0 aromatic heterocycles. The van der Waals surface area contributed by atoms with E-state index in [-0.39, 0.29) is 17.5 Å². The van der Waals surface area contributed by atoms with E-state index in [9.17, 15) is 10.1 Å². The van der Waals surface area contributed by atoms with Crippen molar-refractivity contribution < 1.29 is 14.3 Å². The maximum absolute atomic E-state index is 12.1. The van der Waals surface area contributed by atoms with Crippen molar-refractivity contribution in [3.05, 3.63) is 29.3 Å². The molecule has 1 amide bonds. The molecule has 0 saturated heterocycles. The van der Waals surface area contributed by atoms with Gasteiger partial charge in [0.1, 0.15) is 11.6 Å². The lowest BCUT2D eigenvalue weighted by Crippen LogP contribution is -2.26. The molecule has 1 aromatic carbocycles. The summed E-state index contributed by atoms with van der Waals surface area (Å²) in [5.41, 5.74) is 0.749. The van der Waals surface area contributed by atoms with Crippen LogP contribution in [0.25, 0.3) is 6.08 Å². The number of para-hydroxylation sites is 1. The lowest BCUT2D eigenvalue weighted by molar-refractivity contribution is -0.117. The number of carbonyl (C=O) groups excluding carboxylic acids is 1. The average Bonchev–Trinajstić information content (AvgIpc) is 3.35. The largest absolute Gasteiger partial charge is 0.490 e. The molecule has 0 heterocycles. The van der Waals surface area contributed by atoms with E-state index < -0.39 is 0 Å². The Balaban J connectivity index is 2.31. The zero-order valence-corrected chi connectivity index (χ0v) is 13.6. The molecular formula is C18H22N2O3. The smallest absolute Gasteiger partial charge is 0.262 e. The number of hydrogen-bond donors (Lipinski definition) is 1. The number of benzene rings is 1. The van der Waals surface area contributed by atoms with Crippen LogP contribution in [0.3, 0.4) is 0 Å². The molecule has 0 radical (unpaired) electrons. The fraction of sp³-hybridized carbons (Fsp3) is 0.444. The molecule has 0 unspecified atom stereocenters. The highest BCUT2D eigenvalue weighted by molar-refractivity contribution is 6.02. The van der Waals surface area contributed by atoms with Gasteiger partial charge in [0.25, 0.3) is 5.91 Å². The monoisotopic (exact) mass is 314 g/mol. The van der Waals surface area contributed by atoms with Crippen molar-refractivity contribution in [3.8, 4) is 17.6 Å². The number of rotatable bonds is 8. The summed E-state index contributed by atoms with van der Waals surface area (Å²) in [7, 11) is 0. The van der Waals surface area contributed by atoms with E-state index in [0.717, 1.165) is 19.3 Å². The van der Waals surface area contributed by atoms with Crippen LogP contribution in [0.5, 0.6) is 11.5 Å². The van der Waals surface area contributed by atoms with Gasteiger partial charge >= 0.3 is 0 Å². The van der Waals surface area contributed by atoms with Crippen LogP contribution in [0, 0.1) is 11.3 Å². The van der Waals surface area contributed by atoms with Gasteiger partial charge in [0.05, 0.1) is 13.2 Å². The Morgan fingerprint density at radius 2 is 2.17 bits per heavy atom. The molecule has 1 aliphatic carbocycles. The molecule has 5 heteroatoms. The Kier molecular flexibility index (Phi) is 6.04. The SMILES string of the molecule is CCCOc1c(/C=C(\C#N)C(=O)NC2CC2)cccc1OCC. The molecule has 2 rings (SSSR count). The number of nitriles is 1. The second-order valence-corrected chi connectivity index (χ2v) is 5.37. The van der Waals surface area contributed by atoms with Gasteiger partial charge in [-0.15, -0.1) is 0 Å². The molecule has 0 atom stereocenters. The van der Waals surface area contributed by atoms with Gasteiger partial charge in [-0.25, -0.2) is 0 Å². The molecular weight excluding hydrogens is 292 g/mol. The van der Waals surface area contributed by atoms with Crippen molar-refractivity contribution >= 4 is 12.0 Å². The second kappa shape index (κ2) is 8.23. The third-order valence-corrected chi connectivity index (χ3v) is 3.34. The normalized spacial score (nSPS) is 14.0. The van der Waals surface area contributed by atoms with Gasteiger partial charge in [-0.3, -0.25) is 4.79 Å².